The third-order valence-corrected chi connectivity index (χ3v) is 11.9. The van der Waals surface area contributed by atoms with Gasteiger partial charge in [0.15, 0.2) is 0 Å². The molecule has 13 heteroatoms. The van der Waals surface area contributed by atoms with E-state index in [0.717, 1.165) is 14.7 Å². The number of rotatable bonds is 11. The van der Waals surface area contributed by atoms with E-state index in [1.165, 1.54) is 23.1 Å². The minimum atomic E-state index is -3.88. The van der Waals surface area contributed by atoms with Gasteiger partial charge in [0.2, 0.25) is 21.8 Å². The predicted molar refractivity (Wildman–Crippen MR) is 196 cm³/mol. The van der Waals surface area contributed by atoms with Gasteiger partial charge in [-0.2, -0.15) is 0 Å². The number of hydrogen-bond donors (Lipinski definition) is 3. The van der Waals surface area contributed by atoms with E-state index < -0.39 is 61.9 Å². The van der Waals surface area contributed by atoms with Crippen molar-refractivity contribution in [1.29, 1.82) is 0 Å². The molecule has 264 valence electrons. The Morgan fingerprint density at radius 3 is 2.36 bits per heavy atom. The lowest BCUT2D eigenvalue weighted by Crippen LogP contribution is -2.61. The van der Waals surface area contributed by atoms with Gasteiger partial charge >= 0.3 is 0 Å². The normalized spacial score (nSPS) is 22.1. The molecule has 0 bridgehead atoms. The summed E-state index contributed by atoms with van der Waals surface area (Å²) in [5.74, 6) is -1.46. The van der Waals surface area contributed by atoms with Gasteiger partial charge in [0.1, 0.15) is 34.9 Å². The Bertz CT molecular complexity index is 1950. The van der Waals surface area contributed by atoms with Crippen LogP contribution in [-0.4, -0.2) is 53.9 Å². The first-order valence-corrected chi connectivity index (χ1v) is 19.1. The van der Waals surface area contributed by atoms with E-state index in [4.69, 9.17) is 4.74 Å². The number of anilines is 1. The Hall–Kier alpha value is -3.98. The molecule has 3 amide bonds. The average Bonchev–Trinajstić information content (AvgIpc) is 3.99. The Labute approximate surface area is 305 Å². The summed E-state index contributed by atoms with van der Waals surface area (Å²) in [6.07, 6.45) is 2.76. The average molecular weight is 815 g/mol. The van der Waals surface area contributed by atoms with Crippen LogP contribution in [0.15, 0.2) is 79.4 Å². The van der Waals surface area contributed by atoms with Crippen LogP contribution < -0.4 is 20.1 Å². The highest BCUT2D eigenvalue weighted by molar-refractivity contribution is 14.1. The van der Waals surface area contributed by atoms with Gasteiger partial charge in [0.25, 0.3) is 5.91 Å². The number of fused-ring (bicyclic) bond motifs is 1. The van der Waals surface area contributed by atoms with E-state index in [1.807, 2.05) is 63.2 Å². The molecule has 3 N–H and O–H groups in total. The van der Waals surface area contributed by atoms with Gasteiger partial charge in [0.05, 0.1) is 5.25 Å². The first kappa shape index (κ1) is 35.8. The fourth-order valence-corrected chi connectivity index (χ4v) is 8.18. The molecule has 3 aliphatic rings. The van der Waals surface area contributed by atoms with Crippen LogP contribution >= 0.6 is 22.6 Å². The van der Waals surface area contributed by atoms with E-state index in [9.17, 15) is 27.2 Å². The van der Waals surface area contributed by atoms with E-state index in [0.29, 0.717) is 30.0 Å². The van der Waals surface area contributed by atoms with Crippen LogP contribution in [0.2, 0.25) is 0 Å². The molecule has 0 aromatic heterocycles. The Kier molecular flexibility index (Phi) is 9.76. The second-order valence-corrected chi connectivity index (χ2v) is 17.5. The molecule has 3 aromatic carbocycles. The quantitative estimate of drug-likeness (QED) is 0.168. The molecule has 3 aromatic rings. The number of benzene rings is 3. The standard InChI is InChI=1S/C37H40FIN4O6S/c1-5-24-20-37(24,35(46)42-50(47,48)30-15-16-30)41-33(44)31-18-23-17-29(49-28-8-6-7-26(39)19-28)14-9-22(23)21-43(31)34(45)32(36(2,3)4)40-27-12-10-25(38)11-13-27/h5-14,17,19,24,30-32,40H,1,15-16,18,20-21H2,2-4H3,(H,41,44)(H,42,46)/t24-,31+,32-,37-/m1/s1. The van der Waals surface area contributed by atoms with Crippen LogP contribution in [0.25, 0.3) is 0 Å². The number of nitrogens with zero attached hydrogens (tertiary/aromatic N) is 1. The molecule has 0 radical (unpaired) electrons. The van der Waals surface area contributed by atoms with E-state index in [-0.39, 0.29) is 25.3 Å². The van der Waals surface area contributed by atoms with Crippen molar-refractivity contribution in [1.82, 2.24) is 14.9 Å². The molecule has 6 rings (SSSR count). The maximum Gasteiger partial charge on any atom is 0.259 e. The zero-order chi connectivity index (χ0) is 36.0. The van der Waals surface area contributed by atoms with Crippen LogP contribution in [0, 0.1) is 20.7 Å². The zero-order valence-corrected chi connectivity index (χ0v) is 31.0. The molecule has 10 nitrogen and oxygen atoms in total. The summed E-state index contributed by atoms with van der Waals surface area (Å²) < 4.78 is 48.4. The fraction of sp³-hybridized carbons (Fsp3) is 0.378. The molecule has 0 saturated heterocycles. The highest BCUT2D eigenvalue weighted by atomic mass is 127. The number of ether oxygens (including phenoxy) is 1. The van der Waals surface area contributed by atoms with Crippen molar-refractivity contribution >= 4 is 56.0 Å². The predicted octanol–water partition coefficient (Wildman–Crippen LogP) is 5.67. The van der Waals surface area contributed by atoms with Gasteiger partial charge in [-0.1, -0.05) is 39.0 Å². The molecular formula is C37H40FIN4O6S. The first-order valence-electron chi connectivity index (χ1n) is 16.5. The molecule has 4 atom stereocenters. The number of carbonyl (C=O) groups excluding carboxylic acids is 3. The van der Waals surface area contributed by atoms with Gasteiger partial charge < -0.3 is 20.3 Å². The first-order chi connectivity index (χ1) is 23.6. The molecule has 50 heavy (non-hydrogen) atoms. The monoisotopic (exact) mass is 814 g/mol. The molecule has 0 unspecified atom stereocenters. The summed E-state index contributed by atoms with van der Waals surface area (Å²) in [5, 5.41) is 5.48. The molecule has 1 aliphatic heterocycles. The van der Waals surface area contributed by atoms with Crippen molar-refractivity contribution < 1.29 is 31.9 Å². The molecule has 2 aliphatic carbocycles. The molecule has 2 saturated carbocycles. The summed E-state index contributed by atoms with van der Waals surface area (Å²) >= 11 is 2.21. The van der Waals surface area contributed by atoms with E-state index in [1.54, 1.807) is 12.1 Å². The zero-order valence-electron chi connectivity index (χ0n) is 28.0. The van der Waals surface area contributed by atoms with Crippen molar-refractivity contribution in [3.05, 3.63) is 99.9 Å². The van der Waals surface area contributed by atoms with Crippen molar-refractivity contribution in [3.8, 4) is 11.5 Å². The minimum absolute atomic E-state index is 0.0909. The highest BCUT2D eigenvalue weighted by Crippen LogP contribution is 2.45. The van der Waals surface area contributed by atoms with Crippen LogP contribution in [0.4, 0.5) is 10.1 Å². The second kappa shape index (κ2) is 13.6. The topological polar surface area (TPSA) is 134 Å². The van der Waals surface area contributed by atoms with Crippen molar-refractivity contribution in [3.63, 3.8) is 0 Å². The number of nitrogens with one attached hydrogen (secondary N) is 3. The van der Waals surface area contributed by atoms with E-state index >= 15 is 0 Å². The van der Waals surface area contributed by atoms with Gasteiger partial charge in [-0.25, -0.2) is 12.8 Å². The summed E-state index contributed by atoms with van der Waals surface area (Å²) in [4.78, 5) is 44.0. The summed E-state index contributed by atoms with van der Waals surface area (Å²) in [7, 11) is -3.88. The van der Waals surface area contributed by atoms with Crippen molar-refractivity contribution in [2.45, 2.75) is 75.9 Å². The lowest BCUT2D eigenvalue weighted by molar-refractivity contribution is -0.145. The maximum absolute atomic E-state index is 14.6. The molecule has 0 spiro atoms. The second-order valence-electron chi connectivity index (χ2n) is 14.3. The van der Waals surface area contributed by atoms with E-state index in [2.05, 4.69) is 44.5 Å². The van der Waals surface area contributed by atoms with Gasteiger partial charge in [-0.3, -0.25) is 19.1 Å². The smallest absolute Gasteiger partial charge is 0.259 e. The van der Waals surface area contributed by atoms with Crippen LogP contribution in [0.5, 0.6) is 11.5 Å². The summed E-state index contributed by atoms with van der Waals surface area (Å²) in [6.45, 7) is 9.57. The van der Waals surface area contributed by atoms with Crippen molar-refractivity contribution in [2.75, 3.05) is 5.32 Å². The fourth-order valence-electron chi connectivity index (χ4n) is 6.30. The summed E-state index contributed by atoms with van der Waals surface area (Å²) in [5.41, 5.74) is 0.00318. The van der Waals surface area contributed by atoms with Gasteiger partial charge in [-0.05, 0) is 113 Å². The third kappa shape index (κ3) is 7.68. The Balaban J connectivity index is 1.32. The molecule has 2 fully saturated rings. The SMILES string of the molecule is C=C[C@@H]1C[C@]1(NC(=O)[C@@H]1Cc2cc(Oc3cccc(I)c3)ccc2CN1C(=O)[C@@H](Nc1ccc(F)cc1)C(C)(C)C)C(=O)NS(=O)(=O)C1CC1. The van der Waals surface area contributed by atoms with Gasteiger partial charge in [0, 0.05) is 28.1 Å². The number of hydrogen-bond acceptors (Lipinski definition) is 7. The highest BCUT2D eigenvalue weighted by Gasteiger charge is 2.61. The third-order valence-electron chi connectivity index (χ3n) is 9.44. The minimum Gasteiger partial charge on any atom is -0.457 e. The number of sulfonamides is 1. The van der Waals surface area contributed by atoms with Crippen molar-refractivity contribution in [2.24, 2.45) is 11.3 Å². The van der Waals surface area contributed by atoms with Gasteiger partial charge in [-0.15, -0.1) is 6.58 Å². The Morgan fingerprint density at radius 2 is 1.74 bits per heavy atom. The van der Waals surface area contributed by atoms with Crippen LogP contribution in [-0.2, 0) is 37.4 Å². The largest absolute Gasteiger partial charge is 0.457 e. The molecular weight excluding hydrogens is 774 g/mol. The number of halogens is 2. The Morgan fingerprint density at radius 1 is 1.04 bits per heavy atom. The van der Waals surface area contributed by atoms with Crippen LogP contribution in [0.3, 0.4) is 0 Å². The summed E-state index contributed by atoms with van der Waals surface area (Å²) in [6, 6.07) is 17.0. The molecule has 1 heterocycles. The number of amides is 3. The number of carbonyl (C=O) groups is 3. The lowest BCUT2D eigenvalue weighted by atomic mass is 9.84. The maximum atomic E-state index is 14.6. The lowest BCUT2D eigenvalue weighted by Gasteiger charge is -2.41. The van der Waals surface area contributed by atoms with Crippen LogP contribution in [0.1, 0.15) is 51.2 Å².